The highest BCUT2D eigenvalue weighted by atomic mass is 16.1. The van der Waals surface area contributed by atoms with E-state index in [4.69, 9.17) is 0 Å². The van der Waals surface area contributed by atoms with Crippen LogP contribution in [0.4, 0.5) is 0 Å². The summed E-state index contributed by atoms with van der Waals surface area (Å²) in [6.45, 7) is 8.43. The van der Waals surface area contributed by atoms with Gasteiger partial charge in [0.1, 0.15) is 0 Å². The van der Waals surface area contributed by atoms with Crippen molar-refractivity contribution in [2.75, 3.05) is 0 Å². The molecule has 0 saturated heterocycles. The lowest BCUT2D eigenvalue weighted by atomic mass is 9.85. The number of rotatable bonds is 2. The van der Waals surface area contributed by atoms with Crippen molar-refractivity contribution >= 4 is 5.78 Å². The first kappa shape index (κ1) is 11.2. The Morgan fingerprint density at radius 2 is 1.93 bits per heavy atom. The van der Waals surface area contributed by atoms with Gasteiger partial charge in [0.2, 0.25) is 0 Å². The Kier molecular flexibility index (Phi) is 3.30. The van der Waals surface area contributed by atoms with E-state index in [9.17, 15) is 4.79 Å². The van der Waals surface area contributed by atoms with Crippen LogP contribution in [0.1, 0.15) is 47.0 Å². The second kappa shape index (κ2) is 4.12. The maximum absolute atomic E-state index is 11.8. The van der Waals surface area contributed by atoms with Gasteiger partial charge < -0.3 is 0 Å². The number of allylic oxidation sites excluding steroid dienone is 4. The van der Waals surface area contributed by atoms with Gasteiger partial charge in [-0.25, -0.2) is 0 Å². The Morgan fingerprint density at radius 1 is 1.29 bits per heavy atom. The lowest BCUT2D eigenvalue weighted by molar-refractivity contribution is -0.117. The molecule has 1 nitrogen and oxygen atoms in total. The minimum absolute atomic E-state index is 0.105. The molecule has 0 N–H and O–H groups in total. The van der Waals surface area contributed by atoms with E-state index in [0.29, 0.717) is 12.2 Å². The van der Waals surface area contributed by atoms with E-state index in [0.717, 1.165) is 18.4 Å². The molecule has 0 spiro atoms. The number of carbonyl (C=O) groups excluding carboxylic acids is 1. The number of hydrogen-bond acceptors (Lipinski definition) is 1. The van der Waals surface area contributed by atoms with E-state index in [1.807, 2.05) is 6.08 Å². The van der Waals surface area contributed by atoms with E-state index < -0.39 is 0 Å². The maximum atomic E-state index is 11.8. The van der Waals surface area contributed by atoms with Crippen molar-refractivity contribution in [3.8, 4) is 0 Å². The van der Waals surface area contributed by atoms with Crippen LogP contribution < -0.4 is 0 Å². The standard InChI is InChI=1S/C13H20O/c1-10-5-7-11(8-6-10)12(14)9-13(2,3)4/h5,7H,6,8-9H2,1-4H3. The average molecular weight is 192 g/mol. The van der Waals surface area contributed by atoms with Crippen molar-refractivity contribution in [1.82, 2.24) is 0 Å². The van der Waals surface area contributed by atoms with Gasteiger partial charge in [-0.3, -0.25) is 4.79 Å². The van der Waals surface area contributed by atoms with Gasteiger partial charge in [-0.15, -0.1) is 0 Å². The summed E-state index contributed by atoms with van der Waals surface area (Å²) >= 11 is 0. The Hall–Kier alpha value is -0.850. The minimum Gasteiger partial charge on any atom is -0.295 e. The van der Waals surface area contributed by atoms with E-state index in [1.54, 1.807) is 0 Å². The van der Waals surface area contributed by atoms with Gasteiger partial charge in [0.15, 0.2) is 5.78 Å². The maximum Gasteiger partial charge on any atom is 0.159 e. The van der Waals surface area contributed by atoms with Crippen LogP contribution in [0.15, 0.2) is 23.3 Å². The van der Waals surface area contributed by atoms with Crippen molar-refractivity contribution in [3.05, 3.63) is 23.3 Å². The van der Waals surface area contributed by atoms with Gasteiger partial charge >= 0.3 is 0 Å². The summed E-state index contributed by atoms with van der Waals surface area (Å²) in [6.07, 6.45) is 6.69. The van der Waals surface area contributed by atoms with Crippen molar-refractivity contribution < 1.29 is 4.79 Å². The van der Waals surface area contributed by atoms with Crippen LogP contribution in [0.3, 0.4) is 0 Å². The smallest absolute Gasteiger partial charge is 0.159 e. The van der Waals surface area contributed by atoms with Crippen LogP contribution in [0.2, 0.25) is 0 Å². The zero-order valence-electron chi connectivity index (χ0n) is 9.68. The molecule has 0 unspecified atom stereocenters. The van der Waals surface area contributed by atoms with E-state index >= 15 is 0 Å². The highest BCUT2D eigenvalue weighted by molar-refractivity contribution is 5.96. The van der Waals surface area contributed by atoms with E-state index in [2.05, 4.69) is 33.8 Å². The van der Waals surface area contributed by atoms with Crippen molar-refractivity contribution in [1.29, 1.82) is 0 Å². The SMILES string of the molecule is CC1=CC=C(C(=O)CC(C)(C)C)CC1. The lowest BCUT2D eigenvalue weighted by Crippen LogP contribution is -2.15. The molecule has 0 aromatic heterocycles. The minimum atomic E-state index is 0.105. The summed E-state index contributed by atoms with van der Waals surface area (Å²) < 4.78 is 0. The molecule has 1 rings (SSSR count). The van der Waals surface area contributed by atoms with Gasteiger partial charge in [0.25, 0.3) is 0 Å². The number of hydrogen-bond donors (Lipinski definition) is 0. The average Bonchev–Trinajstić information content (AvgIpc) is 2.02. The third kappa shape index (κ3) is 3.49. The Balaban J connectivity index is 2.63. The summed E-state index contributed by atoms with van der Waals surface area (Å²) in [6, 6.07) is 0. The zero-order valence-corrected chi connectivity index (χ0v) is 9.68. The molecule has 1 aliphatic rings. The summed E-state index contributed by atoms with van der Waals surface area (Å²) in [4.78, 5) is 11.8. The third-order valence-electron chi connectivity index (χ3n) is 2.41. The number of ketones is 1. The van der Waals surface area contributed by atoms with Crippen LogP contribution >= 0.6 is 0 Å². The van der Waals surface area contributed by atoms with Crippen LogP contribution in [-0.2, 0) is 4.79 Å². The Morgan fingerprint density at radius 3 is 2.36 bits per heavy atom. The first-order valence-electron chi connectivity index (χ1n) is 5.28. The van der Waals surface area contributed by atoms with Gasteiger partial charge in [-0.1, -0.05) is 38.5 Å². The molecule has 0 aliphatic heterocycles. The summed E-state index contributed by atoms with van der Waals surface area (Å²) in [5.74, 6) is 0.321. The molecule has 0 fully saturated rings. The van der Waals surface area contributed by atoms with Crippen LogP contribution in [-0.4, -0.2) is 5.78 Å². The molecular formula is C13H20O. The van der Waals surface area contributed by atoms with E-state index in [-0.39, 0.29) is 5.41 Å². The number of carbonyl (C=O) groups is 1. The quantitative estimate of drug-likeness (QED) is 0.652. The molecule has 1 heteroatoms. The van der Waals surface area contributed by atoms with Gasteiger partial charge in [-0.2, -0.15) is 0 Å². The Labute approximate surface area is 86.9 Å². The lowest BCUT2D eigenvalue weighted by Gasteiger charge is -2.19. The molecule has 0 aromatic rings. The van der Waals surface area contributed by atoms with Crippen molar-refractivity contribution in [2.24, 2.45) is 5.41 Å². The molecule has 0 amide bonds. The zero-order chi connectivity index (χ0) is 10.8. The molecule has 0 heterocycles. The van der Waals surface area contributed by atoms with Crippen LogP contribution in [0.5, 0.6) is 0 Å². The molecule has 0 atom stereocenters. The molecule has 0 aromatic carbocycles. The molecular weight excluding hydrogens is 172 g/mol. The molecule has 0 bridgehead atoms. The van der Waals surface area contributed by atoms with E-state index in [1.165, 1.54) is 5.57 Å². The third-order valence-corrected chi connectivity index (χ3v) is 2.41. The molecule has 14 heavy (non-hydrogen) atoms. The predicted molar refractivity (Wildman–Crippen MR) is 60.2 cm³/mol. The van der Waals surface area contributed by atoms with Gasteiger partial charge in [-0.05, 0) is 30.8 Å². The highest BCUT2D eigenvalue weighted by Gasteiger charge is 2.19. The molecule has 0 saturated carbocycles. The number of Topliss-reactive ketones (excluding diaryl/α,β-unsaturated/α-hetero) is 1. The Bertz CT molecular complexity index is 287. The van der Waals surface area contributed by atoms with Gasteiger partial charge in [0, 0.05) is 6.42 Å². The monoisotopic (exact) mass is 192 g/mol. The fraction of sp³-hybridized carbons (Fsp3) is 0.615. The fourth-order valence-corrected chi connectivity index (χ4v) is 1.57. The molecule has 1 aliphatic carbocycles. The largest absolute Gasteiger partial charge is 0.295 e. The van der Waals surface area contributed by atoms with Crippen LogP contribution in [0, 0.1) is 5.41 Å². The molecule has 0 radical (unpaired) electrons. The van der Waals surface area contributed by atoms with Crippen molar-refractivity contribution in [3.63, 3.8) is 0 Å². The highest BCUT2D eigenvalue weighted by Crippen LogP contribution is 2.25. The first-order valence-corrected chi connectivity index (χ1v) is 5.28. The summed E-state index contributed by atoms with van der Waals surface area (Å²) in [7, 11) is 0. The fourth-order valence-electron chi connectivity index (χ4n) is 1.57. The summed E-state index contributed by atoms with van der Waals surface area (Å²) in [5.41, 5.74) is 2.48. The van der Waals surface area contributed by atoms with Crippen LogP contribution in [0.25, 0.3) is 0 Å². The second-order valence-electron chi connectivity index (χ2n) is 5.37. The predicted octanol–water partition coefficient (Wildman–Crippen LogP) is 3.66. The van der Waals surface area contributed by atoms with Gasteiger partial charge in [0.05, 0.1) is 0 Å². The normalized spacial score (nSPS) is 17.4. The van der Waals surface area contributed by atoms with Crippen molar-refractivity contribution in [2.45, 2.75) is 47.0 Å². The first-order chi connectivity index (χ1) is 6.38. The summed E-state index contributed by atoms with van der Waals surface area (Å²) in [5, 5.41) is 0. The second-order valence-corrected chi connectivity index (χ2v) is 5.37. The topological polar surface area (TPSA) is 17.1 Å². The molecule has 78 valence electrons.